The SMILES string of the molecule is C.O=C(CCc1ccccc1)CN1NC(c2ccccc2)=NC1c1ccccc1. The molecule has 4 nitrogen and oxygen atoms in total. The number of amidine groups is 1. The van der Waals surface area contributed by atoms with Crippen molar-refractivity contribution in [3.63, 3.8) is 0 Å². The highest BCUT2D eigenvalue weighted by atomic mass is 16.1. The molecule has 0 aromatic heterocycles. The minimum atomic E-state index is -0.211. The van der Waals surface area contributed by atoms with Crippen molar-refractivity contribution in [3.05, 3.63) is 108 Å². The zero-order chi connectivity index (χ0) is 19.2. The topological polar surface area (TPSA) is 44.7 Å². The molecule has 1 heterocycles. The van der Waals surface area contributed by atoms with Crippen LogP contribution >= 0.6 is 0 Å². The van der Waals surface area contributed by atoms with Crippen molar-refractivity contribution in [2.45, 2.75) is 26.4 Å². The fourth-order valence-electron chi connectivity index (χ4n) is 3.36. The molecule has 0 amide bonds. The van der Waals surface area contributed by atoms with Crippen molar-refractivity contribution in [3.8, 4) is 0 Å². The zero-order valence-electron chi connectivity index (χ0n) is 15.7. The van der Waals surface area contributed by atoms with Gasteiger partial charge in [0.05, 0.1) is 6.54 Å². The molecule has 29 heavy (non-hydrogen) atoms. The smallest absolute Gasteiger partial charge is 0.149 e. The molecule has 1 aliphatic heterocycles. The molecular formula is C25H27N3O. The summed E-state index contributed by atoms with van der Waals surface area (Å²) in [5.74, 6) is 0.993. The first-order valence-electron chi connectivity index (χ1n) is 9.57. The second kappa shape index (κ2) is 9.80. The van der Waals surface area contributed by atoms with Gasteiger partial charge in [0, 0.05) is 12.0 Å². The van der Waals surface area contributed by atoms with Gasteiger partial charge in [-0.2, -0.15) is 5.01 Å². The van der Waals surface area contributed by atoms with Crippen molar-refractivity contribution in [2.75, 3.05) is 6.54 Å². The zero-order valence-corrected chi connectivity index (χ0v) is 15.7. The Morgan fingerprint density at radius 2 is 1.45 bits per heavy atom. The number of hydrazine groups is 1. The van der Waals surface area contributed by atoms with Crippen molar-refractivity contribution < 1.29 is 4.79 Å². The lowest BCUT2D eigenvalue weighted by Crippen LogP contribution is -2.41. The number of nitrogens with zero attached hydrogens (tertiary/aromatic N) is 2. The number of benzene rings is 3. The number of rotatable bonds is 7. The predicted octanol–water partition coefficient (Wildman–Crippen LogP) is 4.79. The summed E-state index contributed by atoms with van der Waals surface area (Å²) in [6.45, 7) is 0.312. The lowest BCUT2D eigenvalue weighted by molar-refractivity contribution is -0.121. The van der Waals surface area contributed by atoms with Gasteiger partial charge in [-0.25, -0.2) is 4.99 Å². The first-order chi connectivity index (χ1) is 13.8. The monoisotopic (exact) mass is 385 g/mol. The van der Waals surface area contributed by atoms with Crippen LogP contribution in [0.1, 0.15) is 36.7 Å². The second-order valence-electron chi connectivity index (χ2n) is 6.89. The van der Waals surface area contributed by atoms with Crippen LogP contribution in [0.5, 0.6) is 0 Å². The third-order valence-corrected chi connectivity index (χ3v) is 4.82. The molecule has 1 N–H and O–H groups in total. The lowest BCUT2D eigenvalue weighted by atomic mass is 10.1. The van der Waals surface area contributed by atoms with Crippen molar-refractivity contribution in [1.29, 1.82) is 0 Å². The Kier molecular flexibility index (Phi) is 6.93. The van der Waals surface area contributed by atoms with Gasteiger partial charge in [0.15, 0.2) is 0 Å². The highest BCUT2D eigenvalue weighted by molar-refractivity contribution is 5.99. The number of hydrogen-bond acceptors (Lipinski definition) is 4. The van der Waals surface area contributed by atoms with Gasteiger partial charge in [-0.05, 0) is 17.5 Å². The molecule has 0 fully saturated rings. The molecule has 1 atom stereocenters. The molecule has 1 aliphatic rings. The summed E-state index contributed by atoms with van der Waals surface area (Å²) in [6.07, 6.45) is 1.07. The summed E-state index contributed by atoms with van der Waals surface area (Å²) in [5, 5.41) is 1.94. The van der Waals surface area contributed by atoms with Crippen LogP contribution in [0.25, 0.3) is 0 Å². The molecule has 3 aromatic carbocycles. The molecule has 1 unspecified atom stereocenters. The quantitative estimate of drug-likeness (QED) is 0.636. The van der Waals surface area contributed by atoms with E-state index in [0.717, 1.165) is 23.4 Å². The van der Waals surface area contributed by atoms with Gasteiger partial charge in [-0.3, -0.25) is 4.79 Å². The van der Waals surface area contributed by atoms with Gasteiger partial charge in [0.25, 0.3) is 0 Å². The summed E-state index contributed by atoms with van der Waals surface area (Å²) in [7, 11) is 0. The first kappa shape index (κ1) is 20.5. The summed E-state index contributed by atoms with van der Waals surface area (Å²) in [4.78, 5) is 17.5. The molecule has 0 aliphatic carbocycles. The molecule has 3 aromatic rings. The summed E-state index contributed by atoms with van der Waals surface area (Å²) >= 11 is 0. The number of nitrogens with one attached hydrogen (secondary N) is 1. The van der Waals surface area contributed by atoms with E-state index < -0.39 is 0 Å². The molecule has 0 saturated carbocycles. The van der Waals surface area contributed by atoms with Crippen LogP contribution < -0.4 is 5.43 Å². The van der Waals surface area contributed by atoms with E-state index in [9.17, 15) is 4.79 Å². The average molecular weight is 386 g/mol. The lowest BCUT2D eigenvalue weighted by Gasteiger charge is -2.22. The molecule has 4 rings (SSSR count). The van der Waals surface area contributed by atoms with Crippen molar-refractivity contribution in [1.82, 2.24) is 10.4 Å². The van der Waals surface area contributed by atoms with Gasteiger partial charge >= 0.3 is 0 Å². The number of carbonyl (C=O) groups is 1. The molecule has 0 saturated heterocycles. The average Bonchev–Trinajstić information content (AvgIpc) is 3.18. The maximum Gasteiger partial charge on any atom is 0.149 e. The van der Waals surface area contributed by atoms with Crippen LogP contribution in [0.15, 0.2) is 96.0 Å². The maximum atomic E-state index is 12.7. The Hall–Kier alpha value is -3.24. The second-order valence-corrected chi connectivity index (χ2v) is 6.89. The van der Waals surface area contributed by atoms with E-state index in [-0.39, 0.29) is 19.4 Å². The minimum absolute atomic E-state index is 0. The van der Waals surface area contributed by atoms with E-state index in [1.807, 2.05) is 83.9 Å². The van der Waals surface area contributed by atoms with Crippen LogP contribution in [0.2, 0.25) is 0 Å². The number of Topliss-reactive ketones (excluding diaryl/α,β-unsaturated/α-hetero) is 1. The Balaban J connectivity index is 0.00000240. The predicted molar refractivity (Wildman–Crippen MR) is 119 cm³/mol. The number of hydrogen-bond donors (Lipinski definition) is 1. The maximum absolute atomic E-state index is 12.7. The first-order valence-corrected chi connectivity index (χ1v) is 9.57. The summed E-state index contributed by atoms with van der Waals surface area (Å²) < 4.78 is 0. The van der Waals surface area contributed by atoms with E-state index in [1.165, 1.54) is 5.56 Å². The third-order valence-electron chi connectivity index (χ3n) is 4.82. The van der Waals surface area contributed by atoms with Crippen molar-refractivity contribution in [2.24, 2.45) is 4.99 Å². The highest BCUT2D eigenvalue weighted by Gasteiger charge is 2.29. The highest BCUT2D eigenvalue weighted by Crippen LogP contribution is 2.26. The van der Waals surface area contributed by atoms with Gasteiger partial charge < -0.3 is 5.43 Å². The van der Waals surface area contributed by atoms with E-state index in [0.29, 0.717) is 13.0 Å². The van der Waals surface area contributed by atoms with Gasteiger partial charge in [0.2, 0.25) is 0 Å². The Morgan fingerprint density at radius 1 is 0.862 bits per heavy atom. The number of aryl methyl sites for hydroxylation is 1. The number of ketones is 1. The van der Waals surface area contributed by atoms with Gasteiger partial charge in [-0.15, -0.1) is 0 Å². The molecule has 0 bridgehead atoms. The van der Waals surface area contributed by atoms with E-state index in [2.05, 4.69) is 17.6 Å². The number of carbonyl (C=O) groups excluding carboxylic acids is 1. The molecule has 0 radical (unpaired) electrons. The Bertz CT molecular complexity index is 940. The minimum Gasteiger partial charge on any atom is -0.300 e. The van der Waals surface area contributed by atoms with Crippen LogP contribution in [0, 0.1) is 0 Å². The van der Waals surface area contributed by atoms with E-state index >= 15 is 0 Å². The van der Waals surface area contributed by atoms with Gasteiger partial charge in [-0.1, -0.05) is 98.4 Å². The van der Waals surface area contributed by atoms with Gasteiger partial charge in [0.1, 0.15) is 17.8 Å². The fourth-order valence-corrected chi connectivity index (χ4v) is 3.36. The molecule has 0 spiro atoms. The Labute approximate surface area is 172 Å². The molecular weight excluding hydrogens is 358 g/mol. The van der Waals surface area contributed by atoms with Crippen LogP contribution in [0.3, 0.4) is 0 Å². The van der Waals surface area contributed by atoms with Crippen molar-refractivity contribution >= 4 is 11.6 Å². The van der Waals surface area contributed by atoms with E-state index in [1.54, 1.807) is 0 Å². The standard InChI is InChI=1S/C24H23N3O.CH4/c28-22(17-16-19-10-4-1-5-11-19)18-27-24(21-14-8-3-9-15-21)25-23(26-27)20-12-6-2-7-13-20;/h1-15,24H,16-18H2,(H,25,26);1H4. The van der Waals surface area contributed by atoms with Crippen LogP contribution in [0.4, 0.5) is 0 Å². The largest absolute Gasteiger partial charge is 0.300 e. The molecule has 4 heteroatoms. The van der Waals surface area contributed by atoms with Crippen LogP contribution in [-0.4, -0.2) is 23.2 Å². The van der Waals surface area contributed by atoms with E-state index in [4.69, 9.17) is 4.99 Å². The summed E-state index contributed by atoms with van der Waals surface area (Å²) in [6, 6.07) is 30.2. The fraction of sp³-hybridized carbons (Fsp3) is 0.200. The normalized spacial score (nSPS) is 15.9. The number of aliphatic imine (C=N–C) groups is 1. The van der Waals surface area contributed by atoms with Crippen LogP contribution in [-0.2, 0) is 11.2 Å². The third kappa shape index (κ3) is 5.18. The summed E-state index contributed by atoms with van der Waals surface area (Å²) in [5.41, 5.74) is 6.62. The molecule has 148 valence electrons. The Morgan fingerprint density at radius 3 is 2.10 bits per heavy atom.